The molecular formula is C13H13NO. The minimum atomic E-state index is -0.566. The smallest absolute Gasteiger partial charge is 0.121 e. The van der Waals surface area contributed by atoms with Crippen LogP contribution in [0, 0.1) is 17.2 Å². The lowest BCUT2D eigenvalue weighted by Gasteiger charge is -2.24. The molecule has 0 N–H and O–H groups in total. The highest BCUT2D eigenvalue weighted by molar-refractivity contribution is 5.56. The third-order valence-electron chi connectivity index (χ3n) is 3.17. The van der Waals surface area contributed by atoms with Gasteiger partial charge in [-0.25, -0.2) is 0 Å². The third kappa shape index (κ3) is 1.66. The van der Waals surface area contributed by atoms with Crippen LogP contribution in [0.25, 0.3) is 0 Å². The zero-order valence-electron chi connectivity index (χ0n) is 8.52. The van der Waals surface area contributed by atoms with Gasteiger partial charge in [0.1, 0.15) is 6.29 Å². The monoisotopic (exact) mass is 199 g/mol. The minimum absolute atomic E-state index is 0.318. The fraction of sp³-hybridized carbons (Fsp3) is 0.385. The topological polar surface area (TPSA) is 40.9 Å². The van der Waals surface area contributed by atoms with Gasteiger partial charge in [-0.3, -0.25) is 0 Å². The minimum Gasteiger partial charge on any atom is -0.303 e. The van der Waals surface area contributed by atoms with Crippen molar-refractivity contribution in [2.75, 3.05) is 0 Å². The Labute approximate surface area is 89.5 Å². The summed E-state index contributed by atoms with van der Waals surface area (Å²) in [5.41, 5.74) is 0.422. The van der Waals surface area contributed by atoms with E-state index >= 15 is 0 Å². The third-order valence-corrected chi connectivity index (χ3v) is 3.17. The highest BCUT2D eigenvalue weighted by Crippen LogP contribution is 2.48. The Hall–Kier alpha value is -1.62. The van der Waals surface area contributed by atoms with Crippen LogP contribution in [-0.2, 0) is 10.2 Å². The number of benzene rings is 1. The summed E-state index contributed by atoms with van der Waals surface area (Å²) in [4.78, 5) is 10.7. The van der Waals surface area contributed by atoms with Crippen LogP contribution in [0.3, 0.4) is 0 Å². The van der Waals surface area contributed by atoms with Gasteiger partial charge in [0.05, 0.1) is 11.5 Å². The van der Waals surface area contributed by atoms with Crippen molar-refractivity contribution < 1.29 is 4.79 Å². The van der Waals surface area contributed by atoms with Gasteiger partial charge >= 0.3 is 0 Å². The Morgan fingerprint density at radius 2 is 2.07 bits per heavy atom. The van der Waals surface area contributed by atoms with Crippen molar-refractivity contribution in [3.05, 3.63) is 35.9 Å². The number of nitrogens with zero attached hydrogens (tertiary/aromatic N) is 1. The number of rotatable bonds is 4. The lowest BCUT2D eigenvalue weighted by Crippen LogP contribution is -2.27. The van der Waals surface area contributed by atoms with Gasteiger partial charge in [-0.15, -0.1) is 0 Å². The molecule has 0 radical (unpaired) electrons. The van der Waals surface area contributed by atoms with Crippen LogP contribution in [0.1, 0.15) is 24.8 Å². The Morgan fingerprint density at radius 3 is 2.53 bits per heavy atom. The van der Waals surface area contributed by atoms with Crippen LogP contribution in [0.4, 0.5) is 0 Å². The van der Waals surface area contributed by atoms with E-state index in [-0.39, 0.29) is 0 Å². The molecule has 1 atom stereocenters. The molecule has 0 saturated heterocycles. The molecule has 1 aliphatic carbocycles. The Bertz CT molecular complexity index is 389. The van der Waals surface area contributed by atoms with E-state index in [1.165, 1.54) is 0 Å². The Kier molecular flexibility index (Phi) is 2.55. The van der Waals surface area contributed by atoms with E-state index in [0.29, 0.717) is 12.3 Å². The van der Waals surface area contributed by atoms with Crippen molar-refractivity contribution >= 4 is 6.29 Å². The fourth-order valence-corrected chi connectivity index (χ4v) is 2.16. The summed E-state index contributed by atoms with van der Waals surface area (Å²) in [6.45, 7) is 0. The lowest BCUT2D eigenvalue weighted by atomic mass is 9.75. The second-order valence-corrected chi connectivity index (χ2v) is 4.09. The van der Waals surface area contributed by atoms with Gasteiger partial charge in [-0.1, -0.05) is 30.3 Å². The summed E-state index contributed by atoms with van der Waals surface area (Å²) in [7, 11) is 0. The number of carbonyl (C=O) groups excluding carboxylic acids is 1. The van der Waals surface area contributed by atoms with Crippen molar-refractivity contribution in [3.63, 3.8) is 0 Å². The van der Waals surface area contributed by atoms with E-state index in [2.05, 4.69) is 6.07 Å². The predicted octanol–water partition coefficient (Wildman–Crippen LogP) is 2.45. The van der Waals surface area contributed by atoms with Crippen LogP contribution in [0.15, 0.2) is 30.3 Å². The average molecular weight is 199 g/mol. The molecule has 2 nitrogen and oxygen atoms in total. The maximum atomic E-state index is 10.7. The number of hydrogen-bond acceptors (Lipinski definition) is 2. The lowest BCUT2D eigenvalue weighted by molar-refractivity contribution is -0.108. The van der Waals surface area contributed by atoms with Crippen LogP contribution < -0.4 is 0 Å². The molecule has 15 heavy (non-hydrogen) atoms. The molecular weight excluding hydrogens is 186 g/mol. The first-order valence-corrected chi connectivity index (χ1v) is 5.24. The van der Waals surface area contributed by atoms with Crippen LogP contribution >= 0.6 is 0 Å². The van der Waals surface area contributed by atoms with Gasteiger partial charge < -0.3 is 4.79 Å². The molecule has 0 bridgehead atoms. The molecule has 0 heterocycles. The first-order chi connectivity index (χ1) is 7.33. The number of nitriles is 1. The van der Waals surface area contributed by atoms with Gasteiger partial charge in [0.25, 0.3) is 0 Å². The SMILES string of the molecule is N#CC(CC=O)(c1ccccc1)C1CC1. The molecule has 1 aromatic rings. The quantitative estimate of drug-likeness (QED) is 0.699. The van der Waals surface area contributed by atoms with E-state index in [1.807, 2.05) is 30.3 Å². The molecule has 0 spiro atoms. The highest BCUT2D eigenvalue weighted by Gasteiger charge is 2.46. The summed E-state index contributed by atoms with van der Waals surface area (Å²) < 4.78 is 0. The first-order valence-electron chi connectivity index (χ1n) is 5.24. The van der Waals surface area contributed by atoms with Crippen molar-refractivity contribution in [1.82, 2.24) is 0 Å². The molecule has 1 aromatic carbocycles. The largest absolute Gasteiger partial charge is 0.303 e. The summed E-state index contributed by atoms with van der Waals surface area (Å²) >= 11 is 0. The van der Waals surface area contributed by atoms with E-state index < -0.39 is 5.41 Å². The van der Waals surface area contributed by atoms with E-state index in [1.54, 1.807) is 0 Å². The van der Waals surface area contributed by atoms with Gasteiger partial charge in [-0.2, -0.15) is 5.26 Å². The summed E-state index contributed by atoms with van der Waals surface area (Å²) in [6.07, 6.45) is 3.32. The second kappa shape index (κ2) is 3.86. The van der Waals surface area contributed by atoms with E-state index in [9.17, 15) is 10.1 Å². The number of carbonyl (C=O) groups is 1. The molecule has 76 valence electrons. The van der Waals surface area contributed by atoms with Crippen LogP contribution in [-0.4, -0.2) is 6.29 Å². The fourth-order valence-electron chi connectivity index (χ4n) is 2.16. The van der Waals surface area contributed by atoms with Gasteiger partial charge in [0.15, 0.2) is 0 Å². The molecule has 1 unspecified atom stereocenters. The van der Waals surface area contributed by atoms with Gasteiger partial charge in [-0.05, 0) is 24.3 Å². The zero-order chi connectivity index (χ0) is 10.7. The van der Waals surface area contributed by atoms with Crippen LogP contribution in [0.2, 0.25) is 0 Å². The van der Waals surface area contributed by atoms with E-state index in [4.69, 9.17) is 0 Å². The molecule has 0 amide bonds. The van der Waals surface area contributed by atoms with Crippen molar-refractivity contribution in [1.29, 1.82) is 5.26 Å². The summed E-state index contributed by atoms with van der Waals surface area (Å²) in [5, 5.41) is 9.36. The van der Waals surface area contributed by atoms with Crippen molar-refractivity contribution in [2.24, 2.45) is 5.92 Å². The summed E-state index contributed by atoms with van der Waals surface area (Å²) in [5.74, 6) is 0.370. The number of hydrogen-bond donors (Lipinski definition) is 0. The maximum absolute atomic E-state index is 10.7. The van der Waals surface area contributed by atoms with Crippen LogP contribution in [0.5, 0.6) is 0 Å². The normalized spacial score (nSPS) is 18.9. The molecule has 1 saturated carbocycles. The Balaban J connectivity index is 2.41. The molecule has 2 rings (SSSR count). The van der Waals surface area contributed by atoms with Gasteiger partial charge in [0, 0.05) is 6.42 Å². The highest BCUT2D eigenvalue weighted by atomic mass is 16.1. The molecule has 1 aliphatic rings. The van der Waals surface area contributed by atoms with Crippen molar-refractivity contribution in [2.45, 2.75) is 24.7 Å². The summed E-state index contributed by atoms with van der Waals surface area (Å²) in [6, 6.07) is 12.0. The molecule has 0 aromatic heterocycles. The number of aldehydes is 1. The predicted molar refractivity (Wildman–Crippen MR) is 57.1 cm³/mol. The zero-order valence-corrected chi connectivity index (χ0v) is 8.52. The average Bonchev–Trinajstić information content (AvgIpc) is 3.11. The van der Waals surface area contributed by atoms with Gasteiger partial charge in [0.2, 0.25) is 0 Å². The van der Waals surface area contributed by atoms with E-state index in [0.717, 1.165) is 24.7 Å². The second-order valence-electron chi connectivity index (χ2n) is 4.09. The Morgan fingerprint density at radius 1 is 1.40 bits per heavy atom. The standard InChI is InChI=1S/C13H13NO/c14-10-13(8-9-15,12-6-7-12)11-4-2-1-3-5-11/h1-5,9,12H,6-8H2. The first kappa shape index (κ1) is 9.92. The molecule has 1 fully saturated rings. The molecule has 0 aliphatic heterocycles. The van der Waals surface area contributed by atoms with Crippen molar-refractivity contribution in [3.8, 4) is 6.07 Å². The molecule has 2 heteroatoms. The maximum Gasteiger partial charge on any atom is 0.121 e.